The number of benzene rings is 3. The van der Waals surface area contributed by atoms with Crippen molar-refractivity contribution in [3.8, 4) is 17.0 Å². The summed E-state index contributed by atoms with van der Waals surface area (Å²) in [5.74, 6) is -0.155. The molecule has 1 aromatic heterocycles. The lowest BCUT2D eigenvalue weighted by atomic mass is 9.98. The number of nitrogens with one attached hydrogen (secondary N) is 2. The summed E-state index contributed by atoms with van der Waals surface area (Å²) in [4.78, 5) is 10.4. The number of sulfonamides is 1. The van der Waals surface area contributed by atoms with E-state index in [1.54, 1.807) is 49.4 Å². The van der Waals surface area contributed by atoms with E-state index >= 15 is 0 Å². The Hall–Kier alpha value is -4.09. The quantitative estimate of drug-likeness (QED) is 0.251. The number of ether oxygens (including phenoxy) is 1. The molecule has 41 heavy (non-hydrogen) atoms. The van der Waals surface area contributed by atoms with Crippen LogP contribution >= 0.6 is 0 Å². The minimum atomic E-state index is -4.09. The van der Waals surface area contributed by atoms with Crippen LogP contribution in [0.1, 0.15) is 18.4 Å². The van der Waals surface area contributed by atoms with Gasteiger partial charge in [-0.25, -0.2) is 27.2 Å². The smallest absolute Gasteiger partial charge is 0.264 e. The molecule has 0 spiro atoms. The van der Waals surface area contributed by atoms with Gasteiger partial charge in [0.2, 0.25) is 0 Å². The molecule has 0 unspecified atom stereocenters. The van der Waals surface area contributed by atoms with E-state index in [9.17, 15) is 17.2 Å². The average Bonchev–Trinajstić information content (AvgIpc) is 2.94. The number of nitrogens with zero attached hydrogens (tertiary/aromatic N) is 3. The summed E-state index contributed by atoms with van der Waals surface area (Å²) in [5, 5.41) is 3.13. The Kier molecular flexibility index (Phi) is 8.46. The van der Waals surface area contributed by atoms with E-state index in [1.165, 1.54) is 30.6 Å². The minimum Gasteiger partial charge on any atom is -0.490 e. The predicted molar refractivity (Wildman–Crippen MR) is 155 cm³/mol. The maximum absolute atomic E-state index is 14.8. The lowest BCUT2D eigenvalue weighted by molar-refractivity contribution is 0.157. The van der Waals surface area contributed by atoms with Crippen molar-refractivity contribution in [1.82, 2.24) is 14.9 Å². The minimum absolute atomic E-state index is 0.223. The van der Waals surface area contributed by atoms with Gasteiger partial charge in [0, 0.05) is 23.0 Å². The summed E-state index contributed by atoms with van der Waals surface area (Å²) in [6.45, 7) is 4.23. The molecule has 0 aliphatic carbocycles. The van der Waals surface area contributed by atoms with Crippen LogP contribution < -0.4 is 14.8 Å². The van der Waals surface area contributed by atoms with E-state index < -0.39 is 26.6 Å². The van der Waals surface area contributed by atoms with Gasteiger partial charge in [0.15, 0.2) is 11.6 Å². The number of piperidine rings is 1. The Morgan fingerprint density at radius 2 is 1.66 bits per heavy atom. The highest BCUT2D eigenvalue weighted by atomic mass is 32.2. The zero-order valence-electron chi connectivity index (χ0n) is 22.8. The van der Waals surface area contributed by atoms with Gasteiger partial charge in [-0.2, -0.15) is 0 Å². The maximum atomic E-state index is 14.8. The summed E-state index contributed by atoms with van der Waals surface area (Å²) in [7, 11) is -1.99. The molecular weight excluding hydrogens is 548 g/mol. The van der Waals surface area contributed by atoms with E-state index in [0.29, 0.717) is 40.9 Å². The number of anilines is 3. The van der Waals surface area contributed by atoms with Gasteiger partial charge in [0.1, 0.15) is 22.9 Å². The van der Waals surface area contributed by atoms with Crippen LogP contribution in [0, 0.1) is 24.5 Å². The number of halogens is 2. The molecule has 0 radical (unpaired) electrons. The summed E-state index contributed by atoms with van der Waals surface area (Å²) >= 11 is 0. The monoisotopic (exact) mass is 579 g/mol. The zero-order chi connectivity index (χ0) is 29.0. The van der Waals surface area contributed by atoms with Gasteiger partial charge >= 0.3 is 0 Å². The molecule has 4 aromatic rings. The highest BCUT2D eigenvalue weighted by Gasteiger charge is 2.20. The first-order valence-corrected chi connectivity index (χ1v) is 14.7. The summed E-state index contributed by atoms with van der Waals surface area (Å²) in [6, 6.07) is 16.8. The third-order valence-electron chi connectivity index (χ3n) is 6.99. The standard InChI is InChI=1S/C30H31F2N5O3S/c1-20-3-10-29(26(32)15-20)41(38,39)36-24-7-5-23(6-8-24)35-30-17-27(33-19-34-30)22-4-9-28(25(31)16-22)40-18-21-11-13-37(2)14-12-21/h3-10,15-17,19,21,36H,11-14,18H2,1-2H3,(H,33,34,35). The topological polar surface area (TPSA) is 96.5 Å². The number of rotatable bonds is 9. The molecule has 0 atom stereocenters. The molecule has 11 heteroatoms. The number of aryl methyl sites for hydroxylation is 1. The first-order chi connectivity index (χ1) is 19.7. The van der Waals surface area contributed by atoms with Crippen LogP contribution in [0.5, 0.6) is 5.75 Å². The number of likely N-dealkylation sites (tertiary alicyclic amines) is 1. The molecule has 1 saturated heterocycles. The molecule has 0 saturated carbocycles. The van der Waals surface area contributed by atoms with Crippen LogP contribution in [0.3, 0.4) is 0 Å². The van der Waals surface area contributed by atoms with Crippen molar-refractivity contribution in [2.45, 2.75) is 24.7 Å². The fourth-order valence-corrected chi connectivity index (χ4v) is 5.72. The molecule has 1 fully saturated rings. The highest BCUT2D eigenvalue weighted by Crippen LogP contribution is 2.28. The van der Waals surface area contributed by atoms with Gasteiger partial charge in [-0.3, -0.25) is 4.72 Å². The van der Waals surface area contributed by atoms with E-state index in [0.717, 1.165) is 25.9 Å². The van der Waals surface area contributed by atoms with Gasteiger partial charge < -0.3 is 15.0 Å². The normalized spacial score (nSPS) is 14.5. The van der Waals surface area contributed by atoms with Crippen LogP contribution in [-0.4, -0.2) is 50.0 Å². The molecule has 8 nitrogen and oxygen atoms in total. The van der Waals surface area contributed by atoms with Gasteiger partial charge in [0.05, 0.1) is 12.3 Å². The van der Waals surface area contributed by atoms with Crippen molar-refractivity contribution in [3.05, 3.63) is 90.3 Å². The maximum Gasteiger partial charge on any atom is 0.264 e. The third kappa shape index (κ3) is 7.17. The average molecular weight is 580 g/mol. The van der Waals surface area contributed by atoms with Gasteiger partial charge in [-0.1, -0.05) is 6.07 Å². The fraction of sp³-hybridized carbons (Fsp3) is 0.267. The van der Waals surface area contributed by atoms with Crippen molar-refractivity contribution in [2.24, 2.45) is 5.92 Å². The Morgan fingerprint density at radius 3 is 2.37 bits per heavy atom. The summed E-state index contributed by atoms with van der Waals surface area (Å²) < 4.78 is 62.5. The van der Waals surface area contributed by atoms with E-state index in [4.69, 9.17) is 4.74 Å². The van der Waals surface area contributed by atoms with Crippen LogP contribution in [0.25, 0.3) is 11.3 Å². The summed E-state index contributed by atoms with van der Waals surface area (Å²) in [6.07, 6.45) is 3.45. The largest absolute Gasteiger partial charge is 0.490 e. The number of aromatic nitrogens is 2. The zero-order valence-corrected chi connectivity index (χ0v) is 23.6. The Bertz CT molecular complexity index is 1630. The van der Waals surface area contributed by atoms with Crippen LogP contribution in [0.4, 0.5) is 26.0 Å². The van der Waals surface area contributed by atoms with Crippen LogP contribution in [-0.2, 0) is 10.0 Å². The molecule has 1 aliphatic heterocycles. The fourth-order valence-electron chi connectivity index (χ4n) is 4.60. The molecule has 0 amide bonds. The lowest BCUT2D eigenvalue weighted by Crippen LogP contribution is -2.32. The van der Waals surface area contributed by atoms with Crippen molar-refractivity contribution in [3.63, 3.8) is 0 Å². The first kappa shape index (κ1) is 28.4. The molecule has 2 heterocycles. The number of hydrogen-bond acceptors (Lipinski definition) is 7. The molecular formula is C30H31F2N5O3S. The van der Waals surface area contributed by atoms with Crippen molar-refractivity contribution < 1.29 is 21.9 Å². The summed E-state index contributed by atoms with van der Waals surface area (Å²) in [5.41, 5.74) is 2.62. The van der Waals surface area contributed by atoms with Gasteiger partial charge in [-0.15, -0.1) is 0 Å². The van der Waals surface area contributed by atoms with Crippen molar-refractivity contribution in [2.75, 3.05) is 36.8 Å². The molecule has 0 bridgehead atoms. The molecule has 1 aliphatic rings. The van der Waals surface area contributed by atoms with Crippen molar-refractivity contribution in [1.29, 1.82) is 0 Å². The van der Waals surface area contributed by atoms with Crippen LogP contribution in [0.15, 0.2) is 78.0 Å². The predicted octanol–water partition coefficient (Wildman–Crippen LogP) is 6.00. The highest BCUT2D eigenvalue weighted by molar-refractivity contribution is 7.92. The molecule has 214 valence electrons. The second kappa shape index (κ2) is 12.2. The van der Waals surface area contributed by atoms with Crippen molar-refractivity contribution >= 4 is 27.2 Å². The van der Waals surface area contributed by atoms with Crippen LogP contribution in [0.2, 0.25) is 0 Å². The first-order valence-electron chi connectivity index (χ1n) is 13.3. The van der Waals surface area contributed by atoms with E-state index in [1.807, 2.05) is 0 Å². The second-order valence-corrected chi connectivity index (χ2v) is 11.9. The Balaban J connectivity index is 1.22. The van der Waals surface area contributed by atoms with Gasteiger partial charge in [0.25, 0.3) is 10.0 Å². The molecule has 3 aromatic carbocycles. The number of hydrogen-bond donors (Lipinski definition) is 2. The Morgan fingerprint density at radius 1 is 0.927 bits per heavy atom. The third-order valence-corrected chi connectivity index (χ3v) is 8.41. The van der Waals surface area contributed by atoms with Gasteiger partial charge in [-0.05, 0) is 106 Å². The lowest BCUT2D eigenvalue weighted by Gasteiger charge is -2.28. The molecule has 5 rings (SSSR count). The SMILES string of the molecule is Cc1ccc(S(=O)(=O)Nc2ccc(Nc3cc(-c4ccc(OCC5CCN(C)CC5)c(F)c4)ncn3)cc2)c(F)c1. The second-order valence-electron chi connectivity index (χ2n) is 10.2. The van der Waals surface area contributed by atoms with E-state index in [-0.39, 0.29) is 11.4 Å². The Labute approximate surface area is 238 Å². The van der Waals surface area contributed by atoms with E-state index in [2.05, 4.69) is 32.0 Å². The molecule has 2 N–H and O–H groups in total.